The van der Waals surface area contributed by atoms with E-state index < -0.39 is 0 Å². The van der Waals surface area contributed by atoms with E-state index in [1.165, 1.54) is 11.3 Å². The van der Waals surface area contributed by atoms with Gasteiger partial charge in [0.25, 0.3) is 5.91 Å². The van der Waals surface area contributed by atoms with Crippen molar-refractivity contribution in [3.05, 3.63) is 50.9 Å². The minimum absolute atomic E-state index is 0.158. The zero-order chi connectivity index (χ0) is 18.5. The molecule has 0 atom stereocenters. The first kappa shape index (κ1) is 19.0. The number of aryl methyl sites for hydroxylation is 1. The predicted octanol–water partition coefficient (Wildman–Crippen LogP) is 5.05. The maximum Gasteiger partial charge on any atom is 0.258 e. The number of benzene rings is 1. The van der Waals surface area contributed by atoms with Crippen LogP contribution in [0.5, 0.6) is 0 Å². The molecule has 26 heavy (non-hydrogen) atoms. The number of nitrogens with zero attached hydrogens (tertiary/aromatic N) is 3. The zero-order valence-electron chi connectivity index (χ0n) is 14.9. The third-order valence-corrected chi connectivity index (χ3v) is 6.23. The third-order valence-electron chi connectivity index (χ3n) is 3.44. The number of thioether (sulfide) groups is 1. The quantitative estimate of drug-likeness (QED) is 0.558. The SMILES string of the molecule is Cc1nc(CSc2ccccc2C(=O)Nc2nnc(CC(C)C)s2)cs1. The molecule has 0 aliphatic heterocycles. The van der Waals surface area contributed by atoms with Crippen LogP contribution in [0.4, 0.5) is 5.13 Å². The Morgan fingerprint density at radius 3 is 2.81 bits per heavy atom. The molecule has 0 aliphatic rings. The molecule has 136 valence electrons. The number of anilines is 1. The first-order valence-corrected chi connectivity index (χ1v) is 11.0. The Labute approximate surface area is 165 Å². The molecule has 0 saturated carbocycles. The topological polar surface area (TPSA) is 67.8 Å². The van der Waals surface area contributed by atoms with Crippen LogP contribution < -0.4 is 5.32 Å². The number of rotatable bonds is 7. The minimum Gasteiger partial charge on any atom is -0.296 e. The second kappa shape index (κ2) is 8.75. The van der Waals surface area contributed by atoms with E-state index in [2.05, 4.69) is 39.7 Å². The molecule has 0 bridgehead atoms. The molecule has 0 spiro atoms. The first-order valence-electron chi connectivity index (χ1n) is 8.28. The Morgan fingerprint density at radius 1 is 1.27 bits per heavy atom. The summed E-state index contributed by atoms with van der Waals surface area (Å²) in [6, 6.07) is 7.61. The number of carbonyl (C=O) groups excluding carboxylic acids is 1. The Morgan fingerprint density at radius 2 is 2.08 bits per heavy atom. The molecule has 0 saturated heterocycles. The van der Waals surface area contributed by atoms with Gasteiger partial charge in [-0.2, -0.15) is 0 Å². The van der Waals surface area contributed by atoms with Gasteiger partial charge >= 0.3 is 0 Å². The van der Waals surface area contributed by atoms with Gasteiger partial charge in [0.05, 0.1) is 16.3 Å². The van der Waals surface area contributed by atoms with Crippen LogP contribution in [0.2, 0.25) is 0 Å². The molecule has 1 aromatic carbocycles. The van der Waals surface area contributed by atoms with Crippen molar-refractivity contribution in [3.63, 3.8) is 0 Å². The molecule has 1 amide bonds. The van der Waals surface area contributed by atoms with Crippen LogP contribution >= 0.6 is 34.4 Å². The molecule has 2 aromatic heterocycles. The Kier molecular flexibility index (Phi) is 6.39. The van der Waals surface area contributed by atoms with Crippen molar-refractivity contribution >= 4 is 45.5 Å². The highest BCUT2D eigenvalue weighted by Crippen LogP contribution is 2.28. The fraction of sp³-hybridized carbons (Fsp3) is 0.333. The monoisotopic (exact) mass is 404 g/mol. The zero-order valence-corrected chi connectivity index (χ0v) is 17.3. The van der Waals surface area contributed by atoms with Crippen molar-refractivity contribution in [2.45, 2.75) is 37.8 Å². The van der Waals surface area contributed by atoms with Gasteiger partial charge in [0.15, 0.2) is 0 Å². The molecule has 0 unspecified atom stereocenters. The van der Waals surface area contributed by atoms with Crippen molar-refractivity contribution in [1.82, 2.24) is 15.2 Å². The maximum atomic E-state index is 12.7. The highest BCUT2D eigenvalue weighted by Gasteiger charge is 2.15. The van der Waals surface area contributed by atoms with Crippen molar-refractivity contribution in [2.24, 2.45) is 5.92 Å². The number of amides is 1. The molecular weight excluding hydrogens is 384 g/mol. The number of hydrogen-bond acceptors (Lipinski definition) is 7. The lowest BCUT2D eigenvalue weighted by atomic mass is 10.1. The van der Waals surface area contributed by atoms with Crippen LogP contribution in [0.1, 0.15) is 39.9 Å². The van der Waals surface area contributed by atoms with Gasteiger partial charge in [-0.1, -0.05) is 37.3 Å². The second-order valence-corrected chi connectivity index (χ2v) is 9.34. The molecule has 5 nitrogen and oxygen atoms in total. The van der Waals surface area contributed by atoms with Gasteiger partial charge in [0, 0.05) is 22.4 Å². The molecule has 8 heteroatoms. The third kappa shape index (κ3) is 5.12. The molecule has 0 radical (unpaired) electrons. The molecule has 3 aromatic rings. The van der Waals surface area contributed by atoms with E-state index in [4.69, 9.17) is 0 Å². The van der Waals surface area contributed by atoms with Crippen LogP contribution in [0.15, 0.2) is 34.5 Å². The summed E-state index contributed by atoms with van der Waals surface area (Å²) in [6.45, 7) is 6.27. The summed E-state index contributed by atoms with van der Waals surface area (Å²) in [5.41, 5.74) is 1.68. The average Bonchev–Trinajstić information content (AvgIpc) is 3.21. The summed E-state index contributed by atoms with van der Waals surface area (Å²) in [7, 11) is 0. The van der Waals surface area contributed by atoms with E-state index in [0.29, 0.717) is 16.6 Å². The second-order valence-electron chi connectivity index (χ2n) is 6.20. The number of aromatic nitrogens is 3. The van der Waals surface area contributed by atoms with Crippen molar-refractivity contribution in [2.75, 3.05) is 5.32 Å². The van der Waals surface area contributed by atoms with Gasteiger partial charge in [0.1, 0.15) is 5.01 Å². The lowest BCUT2D eigenvalue weighted by Gasteiger charge is -2.07. The van der Waals surface area contributed by atoms with Gasteiger partial charge in [-0.15, -0.1) is 33.3 Å². The van der Waals surface area contributed by atoms with Gasteiger partial charge in [0.2, 0.25) is 5.13 Å². The van der Waals surface area contributed by atoms with E-state index in [1.54, 1.807) is 23.1 Å². The average molecular weight is 405 g/mol. The fourth-order valence-electron chi connectivity index (χ4n) is 2.31. The van der Waals surface area contributed by atoms with E-state index >= 15 is 0 Å². The van der Waals surface area contributed by atoms with Crippen LogP contribution in [-0.4, -0.2) is 21.1 Å². The smallest absolute Gasteiger partial charge is 0.258 e. The minimum atomic E-state index is -0.158. The number of carbonyl (C=O) groups is 1. The summed E-state index contributed by atoms with van der Waals surface area (Å²) in [4.78, 5) is 18.1. The van der Waals surface area contributed by atoms with Crippen LogP contribution in [0.3, 0.4) is 0 Å². The molecule has 1 N–H and O–H groups in total. The molecule has 0 fully saturated rings. The molecule has 2 heterocycles. The summed E-state index contributed by atoms with van der Waals surface area (Å²) in [6.07, 6.45) is 0.868. The number of hydrogen-bond donors (Lipinski definition) is 1. The lowest BCUT2D eigenvalue weighted by molar-refractivity contribution is 0.102. The van der Waals surface area contributed by atoms with Crippen molar-refractivity contribution in [3.8, 4) is 0 Å². The standard InChI is InChI=1S/C18H20N4OS3/c1-11(2)8-16-21-22-18(26-16)20-17(23)14-6-4-5-7-15(14)25-10-13-9-24-12(3)19-13/h4-7,9,11H,8,10H2,1-3H3,(H,20,22,23). The van der Waals surface area contributed by atoms with E-state index in [9.17, 15) is 4.79 Å². The van der Waals surface area contributed by atoms with E-state index in [-0.39, 0.29) is 5.91 Å². The van der Waals surface area contributed by atoms with Crippen molar-refractivity contribution in [1.29, 1.82) is 0 Å². The predicted molar refractivity (Wildman–Crippen MR) is 109 cm³/mol. The Bertz CT molecular complexity index is 888. The van der Waals surface area contributed by atoms with E-state index in [1.807, 2.05) is 31.2 Å². The summed E-state index contributed by atoms with van der Waals surface area (Å²) in [5.74, 6) is 1.10. The van der Waals surface area contributed by atoms with Crippen LogP contribution in [0.25, 0.3) is 0 Å². The Balaban J connectivity index is 1.68. The Hall–Kier alpha value is -1.77. The lowest BCUT2D eigenvalue weighted by Crippen LogP contribution is -2.12. The summed E-state index contributed by atoms with van der Waals surface area (Å²) >= 11 is 4.69. The van der Waals surface area contributed by atoms with Gasteiger partial charge in [-0.3, -0.25) is 10.1 Å². The van der Waals surface area contributed by atoms with Crippen molar-refractivity contribution < 1.29 is 4.79 Å². The largest absolute Gasteiger partial charge is 0.296 e. The number of thiazole rings is 1. The normalized spacial score (nSPS) is 11.1. The summed E-state index contributed by atoms with van der Waals surface area (Å²) in [5, 5.41) is 15.7. The number of nitrogens with one attached hydrogen (secondary N) is 1. The highest BCUT2D eigenvalue weighted by molar-refractivity contribution is 7.98. The van der Waals surface area contributed by atoms with Gasteiger partial charge in [-0.25, -0.2) is 4.98 Å². The van der Waals surface area contributed by atoms with Crippen LogP contribution in [-0.2, 0) is 12.2 Å². The maximum absolute atomic E-state index is 12.7. The van der Waals surface area contributed by atoms with Crippen LogP contribution in [0, 0.1) is 12.8 Å². The molecular formula is C18H20N4OS3. The fourth-order valence-corrected chi connectivity index (χ4v) is 4.91. The molecule has 3 rings (SSSR count). The van der Waals surface area contributed by atoms with Gasteiger partial charge < -0.3 is 0 Å². The molecule has 0 aliphatic carbocycles. The van der Waals surface area contributed by atoms with Gasteiger partial charge in [-0.05, 0) is 25.0 Å². The highest BCUT2D eigenvalue weighted by atomic mass is 32.2. The first-order chi connectivity index (χ1) is 12.5. The van der Waals surface area contributed by atoms with E-state index in [0.717, 1.165) is 32.8 Å². The summed E-state index contributed by atoms with van der Waals surface area (Å²) < 4.78 is 0.